The predicted molar refractivity (Wildman–Crippen MR) is 63.9 cm³/mol. The standard InChI is InChI=1S/C7H14.C6H12/c1-5-6-7(2,3)4;1-4-5-6(2)3/h5H,1,6H2,2-4H3;4,6H,1,5H2,2-3H3. The second kappa shape index (κ2) is 8.10. The van der Waals surface area contributed by atoms with Gasteiger partial charge in [-0.1, -0.05) is 46.8 Å². The molecule has 0 aromatic carbocycles. The molecule has 0 aromatic heterocycles. The van der Waals surface area contributed by atoms with Crippen LogP contribution in [-0.2, 0) is 0 Å². The van der Waals surface area contributed by atoms with E-state index in [1.165, 1.54) is 0 Å². The van der Waals surface area contributed by atoms with Crippen molar-refractivity contribution in [1.29, 1.82) is 0 Å². The Morgan fingerprint density at radius 2 is 1.54 bits per heavy atom. The Kier molecular flexibility index (Phi) is 9.33. The molecule has 13 heavy (non-hydrogen) atoms. The fourth-order valence-electron chi connectivity index (χ4n) is 0.766. The van der Waals surface area contributed by atoms with Gasteiger partial charge in [-0.05, 0) is 24.2 Å². The van der Waals surface area contributed by atoms with Crippen LogP contribution >= 0.6 is 0 Å². The molecule has 0 aliphatic carbocycles. The zero-order valence-electron chi connectivity index (χ0n) is 10.1. The molecule has 78 valence electrons. The minimum atomic E-state index is 0.432. The van der Waals surface area contributed by atoms with Crippen molar-refractivity contribution in [2.24, 2.45) is 11.3 Å². The minimum Gasteiger partial charge on any atom is -0.103 e. The van der Waals surface area contributed by atoms with E-state index in [1.54, 1.807) is 0 Å². The highest BCUT2D eigenvalue weighted by molar-refractivity contribution is 4.75. The SMILES string of the molecule is C=CCC(C)(C)C.C=CCC(C)C. The van der Waals surface area contributed by atoms with Gasteiger partial charge in [-0.2, -0.15) is 0 Å². The summed E-state index contributed by atoms with van der Waals surface area (Å²) in [4.78, 5) is 0. The predicted octanol–water partition coefficient (Wildman–Crippen LogP) is 4.83. The summed E-state index contributed by atoms with van der Waals surface area (Å²) in [7, 11) is 0. The van der Waals surface area contributed by atoms with Crippen molar-refractivity contribution >= 4 is 0 Å². The van der Waals surface area contributed by atoms with Crippen LogP contribution in [0, 0.1) is 11.3 Å². The second-order valence-electron chi connectivity index (χ2n) is 4.97. The average molecular weight is 182 g/mol. The highest BCUT2D eigenvalue weighted by Gasteiger charge is 2.04. The van der Waals surface area contributed by atoms with Gasteiger partial charge in [0.25, 0.3) is 0 Å². The second-order valence-corrected chi connectivity index (χ2v) is 4.97. The van der Waals surface area contributed by atoms with E-state index in [4.69, 9.17) is 0 Å². The van der Waals surface area contributed by atoms with Gasteiger partial charge >= 0.3 is 0 Å². The van der Waals surface area contributed by atoms with Crippen LogP contribution in [0.3, 0.4) is 0 Å². The van der Waals surface area contributed by atoms with E-state index in [0.29, 0.717) is 5.41 Å². The molecule has 0 unspecified atom stereocenters. The number of hydrogen-bond donors (Lipinski definition) is 0. The summed E-state index contributed by atoms with van der Waals surface area (Å²) in [6.07, 6.45) is 6.15. The summed E-state index contributed by atoms with van der Waals surface area (Å²) < 4.78 is 0. The largest absolute Gasteiger partial charge is 0.103 e. The molecule has 0 nitrogen and oxygen atoms in total. The van der Waals surface area contributed by atoms with Crippen LogP contribution < -0.4 is 0 Å². The molecular formula is C13H26. The molecule has 0 heterocycles. The Morgan fingerprint density at radius 3 is 1.54 bits per heavy atom. The van der Waals surface area contributed by atoms with Crippen molar-refractivity contribution in [2.45, 2.75) is 47.5 Å². The summed E-state index contributed by atoms with van der Waals surface area (Å²) in [6.45, 7) is 18.2. The molecule has 0 radical (unpaired) electrons. The lowest BCUT2D eigenvalue weighted by Gasteiger charge is -2.13. The fourth-order valence-corrected chi connectivity index (χ4v) is 0.766. The highest BCUT2D eigenvalue weighted by Crippen LogP contribution is 2.17. The topological polar surface area (TPSA) is 0 Å². The molecule has 0 saturated carbocycles. The van der Waals surface area contributed by atoms with E-state index >= 15 is 0 Å². The molecule has 0 aliphatic rings. The number of allylic oxidation sites excluding steroid dienone is 2. The third-order valence-corrected chi connectivity index (χ3v) is 1.39. The summed E-state index contributed by atoms with van der Waals surface area (Å²) in [6, 6.07) is 0. The molecule has 0 rings (SSSR count). The summed E-state index contributed by atoms with van der Waals surface area (Å²) in [5.41, 5.74) is 0.432. The van der Waals surface area contributed by atoms with E-state index in [9.17, 15) is 0 Å². The van der Waals surface area contributed by atoms with Gasteiger partial charge in [0.1, 0.15) is 0 Å². The quantitative estimate of drug-likeness (QED) is 0.548. The van der Waals surface area contributed by atoms with Gasteiger partial charge < -0.3 is 0 Å². The summed E-state index contributed by atoms with van der Waals surface area (Å²) >= 11 is 0. The van der Waals surface area contributed by atoms with Crippen LogP contribution in [0.25, 0.3) is 0 Å². The lowest BCUT2D eigenvalue weighted by Crippen LogP contribution is -2.01. The molecule has 0 spiro atoms. The maximum Gasteiger partial charge on any atom is -0.0304 e. The third-order valence-electron chi connectivity index (χ3n) is 1.39. The van der Waals surface area contributed by atoms with Crippen molar-refractivity contribution in [1.82, 2.24) is 0 Å². The van der Waals surface area contributed by atoms with Crippen molar-refractivity contribution in [3.05, 3.63) is 25.3 Å². The molecular weight excluding hydrogens is 156 g/mol. The van der Waals surface area contributed by atoms with Crippen LogP contribution in [0.15, 0.2) is 25.3 Å². The Labute approximate surface area is 84.7 Å². The molecule has 0 heteroatoms. The molecule has 0 amide bonds. The van der Waals surface area contributed by atoms with Crippen molar-refractivity contribution < 1.29 is 0 Å². The average Bonchev–Trinajstić information content (AvgIpc) is 1.84. The number of hydrogen-bond acceptors (Lipinski definition) is 0. The molecule has 0 bridgehead atoms. The Hall–Kier alpha value is -0.520. The van der Waals surface area contributed by atoms with E-state index in [-0.39, 0.29) is 0 Å². The lowest BCUT2D eigenvalue weighted by molar-refractivity contribution is 0.421. The van der Waals surface area contributed by atoms with Gasteiger partial charge in [-0.15, -0.1) is 13.2 Å². The Bertz CT molecular complexity index is 123. The van der Waals surface area contributed by atoms with Crippen LogP contribution in [-0.4, -0.2) is 0 Å². The van der Waals surface area contributed by atoms with Crippen LogP contribution in [0.4, 0.5) is 0 Å². The first kappa shape index (κ1) is 15.0. The molecule has 0 saturated heterocycles. The molecule has 0 aromatic rings. The lowest BCUT2D eigenvalue weighted by atomic mass is 9.93. The van der Waals surface area contributed by atoms with Gasteiger partial charge in [0.05, 0.1) is 0 Å². The fraction of sp³-hybridized carbons (Fsp3) is 0.692. The number of rotatable bonds is 3. The summed E-state index contributed by atoms with van der Waals surface area (Å²) in [5.74, 6) is 0.780. The van der Waals surface area contributed by atoms with Gasteiger partial charge in [-0.3, -0.25) is 0 Å². The zero-order valence-corrected chi connectivity index (χ0v) is 10.1. The van der Waals surface area contributed by atoms with Crippen LogP contribution in [0.2, 0.25) is 0 Å². The maximum atomic E-state index is 3.65. The zero-order chi connectivity index (χ0) is 10.9. The first-order valence-electron chi connectivity index (χ1n) is 5.05. The van der Waals surface area contributed by atoms with Crippen molar-refractivity contribution in [3.63, 3.8) is 0 Å². The smallest absolute Gasteiger partial charge is 0.0304 e. The normalized spacial score (nSPS) is 10.3. The molecule has 0 atom stereocenters. The third kappa shape index (κ3) is 24.6. The van der Waals surface area contributed by atoms with Gasteiger partial charge in [0.15, 0.2) is 0 Å². The Balaban J connectivity index is 0. The van der Waals surface area contributed by atoms with Crippen LogP contribution in [0.1, 0.15) is 47.5 Å². The minimum absolute atomic E-state index is 0.432. The first-order chi connectivity index (χ1) is 5.83. The first-order valence-corrected chi connectivity index (χ1v) is 5.05. The highest BCUT2D eigenvalue weighted by atomic mass is 14.1. The van der Waals surface area contributed by atoms with Gasteiger partial charge in [-0.25, -0.2) is 0 Å². The van der Waals surface area contributed by atoms with Gasteiger partial charge in [0, 0.05) is 0 Å². The Morgan fingerprint density at radius 1 is 1.08 bits per heavy atom. The summed E-state index contributed by atoms with van der Waals surface area (Å²) in [5, 5.41) is 0. The van der Waals surface area contributed by atoms with Gasteiger partial charge in [0.2, 0.25) is 0 Å². The molecule has 0 aliphatic heterocycles. The van der Waals surface area contributed by atoms with Crippen molar-refractivity contribution in [3.8, 4) is 0 Å². The van der Waals surface area contributed by atoms with E-state index in [1.807, 2.05) is 12.2 Å². The maximum absolute atomic E-state index is 3.65. The molecule has 0 N–H and O–H groups in total. The van der Waals surface area contributed by atoms with E-state index < -0.39 is 0 Å². The van der Waals surface area contributed by atoms with E-state index in [0.717, 1.165) is 18.8 Å². The monoisotopic (exact) mass is 182 g/mol. The van der Waals surface area contributed by atoms with Crippen molar-refractivity contribution in [2.75, 3.05) is 0 Å². The van der Waals surface area contributed by atoms with Crippen LogP contribution in [0.5, 0.6) is 0 Å². The van der Waals surface area contributed by atoms with E-state index in [2.05, 4.69) is 47.8 Å². The molecule has 0 fully saturated rings.